The van der Waals surface area contributed by atoms with Gasteiger partial charge >= 0.3 is 12.0 Å². The third-order valence-corrected chi connectivity index (χ3v) is 2.99. The van der Waals surface area contributed by atoms with E-state index < -0.39 is 42.4 Å². The van der Waals surface area contributed by atoms with Gasteiger partial charge < -0.3 is 20.2 Å². The highest BCUT2D eigenvalue weighted by Crippen LogP contribution is 2.13. The van der Waals surface area contributed by atoms with E-state index in [0.29, 0.717) is 4.67 Å². The molecule has 0 bridgehead atoms. The van der Waals surface area contributed by atoms with Crippen molar-refractivity contribution in [1.29, 1.82) is 0 Å². The molecule has 1 heterocycles. The molecule has 0 aliphatic carbocycles. The Morgan fingerprint density at radius 1 is 1.30 bits per heavy atom. The molecule has 23 heavy (non-hydrogen) atoms. The van der Waals surface area contributed by atoms with Gasteiger partial charge in [-0.3, -0.25) is 19.7 Å². The zero-order chi connectivity index (χ0) is 17.6. The number of urea groups is 1. The van der Waals surface area contributed by atoms with E-state index in [0.717, 1.165) is 0 Å². The molecule has 126 valence electrons. The van der Waals surface area contributed by atoms with Crippen LogP contribution < -0.4 is 16.4 Å². The van der Waals surface area contributed by atoms with E-state index in [1.807, 2.05) is 5.32 Å². The lowest BCUT2D eigenvalue weighted by Gasteiger charge is -2.19. The molecule has 0 saturated heterocycles. The highest BCUT2D eigenvalue weighted by Gasteiger charge is 2.27. The molecule has 0 radical (unpaired) electrons. The van der Waals surface area contributed by atoms with E-state index in [1.165, 1.54) is 12.1 Å². The summed E-state index contributed by atoms with van der Waals surface area (Å²) >= 11 is 3.04. The Morgan fingerprint density at radius 3 is 2.43 bits per heavy atom. The van der Waals surface area contributed by atoms with E-state index in [-0.39, 0.29) is 5.76 Å². The first-order valence-electron chi connectivity index (χ1n) is 6.54. The fraction of sp³-hybridized carbons (Fsp3) is 0.385. The minimum Gasteiger partial charge on any atom is -0.451 e. The largest absolute Gasteiger partial charge is 0.451 e. The average molecular weight is 390 g/mol. The zero-order valence-corrected chi connectivity index (χ0v) is 14.0. The summed E-state index contributed by atoms with van der Waals surface area (Å²) in [7, 11) is 0. The molecule has 1 aromatic rings. The van der Waals surface area contributed by atoms with Crippen LogP contribution in [0.5, 0.6) is 0 Å². The summed E-state index contributed by atoms with van der Waals surface area (Å²) < 4.78 is 10.3. The predicted molar refractivity (Wildman–Crippen MR) is 81.2 cm³/mol. The normalized spacial score (nSPS) is 11.7. The molecule has 0 aromatic carbocycles. The van der Waals surface area contributed by atoms with Crippen molar-refractivity contribution >= 4 is 39.7 Å². The van der Waals surface area contributed by atoms with Crippen LogP contribution in [0, 0.1) is 5.92 Å². The summed E-state index contributed by atoms with van der Waals surface area (Å²) in [5.41, 5.74) is 4.84. The van der Waals surface area contributed by atoms with Gasteiger partial charge in [0.1, 0.15) is 6.54 Å². The lowest BCUT2D eigenvalue weighted by molar-refractivity contribution is -0.157. The van der Waals surface area contributed by atoms with Crippen molar-refractivity contribution in [3.8, 4) is 0 Å². The maximum atomic E-state index is 11.7. The number of hydrogen-bond acceptors (Lipinski definition) is 6. The van der Waals surface area contributed by atoms with Crippen molar-refractivity contribution in [1.82, 2.24) is 10.6 Å². The lowest BCUT2D eigenvalue weighted by Crippen LogP contribution is -2.46. The number of carbonyl (C=O) groups is 4. The van der Waals surface area contributed by atoms with Crippen LogP contribution in [-0.2, 0) is 14.3 Å². The van der Waals surface area contributed by atoms with Gasteiger partial charge in [0.25, 0.3) is 11.8 Å². The van der Waals surface area contributed by atoms with Crippen molar-refractivity contribution in [2.45, 2.75) is 20.0 Å². The van der Waals surface area contributed by atoms with Crippen LogP contribution in [0.4, 0.5) is 4.79 Å². The predicted octanol–water partition coefficient (Wildman–Crippen LogP) is 0.535. The second-order valence-corrected chi connectivity index (χ2v) is 5.58. The van der Waals surface area contributed by atoms with E-state index >= 15 is 0 Å². The van der Waals surface area contributed by atoms with Crippen LogP contribution in [0.25, 0.3) is 0 Å². The van der Waals surface area contributed by atoms with E-state index in [1.54, 1.807) is 13.8 Å². The van der Waals surface area contributed by atoms with Crippen LogP contribution in [0.1, 0.15) is 24.4 Å². The average Bonchev–Trinajstić information content (AvgIpc) is 2.87. The Balaban J connectivity index is 2.54. The van der Waals surface area contributed by atoms with Gasteiger partial charge in [-0.25, -0.2) is 4.79 Å². The van der Waals surface area contributed by atoms with Gasteiger partial charge in [-0.05, 0) is 34.0 Å². The first-order valence-corrected chi connectivity index (χ1v) is 7.33. The molecule has 0 spiro atoms. The van der Waals surface area contributed by atoms with Gasteiger partial charge in [-0.1, -0.05) is 13.8 Å². The third-order valence-electron chi connectivity index (χ3n) is 2.56. The Labute approximate surface area is 140 Å². The molecule has 1 atom stereocenters. The molecule has 0 aliphatic heterocycles. The van der Waals surface area contributed by atoms with Gasteiger partial charge in [0.05, 0.1) is 0 Å². The smallest absolute Gasteiger partial charge is 0.326 e. The van der Waals surface area contributed by atoms with Crippen molar-refractivity contribution < 1.29 is 28.3 Å². The monoisotopic (exact) mass is 389 g/mol. The summed E-state index contributed by atoms with van der Waals surface area (Å²) in [5, 5.41) is 4.12. The first-order chi connectivity index (χ1) is 10.7. The number of hydrogen-bond donors (Lipinski definition) is 3. The van der Waals surface area contributed by atoms with Crippen LogP contribution >= 0.6 is 15.9 Å². The van der Waals surface area contributed by atoms with Gasteiger partial charge in [0.2, 0.25) is 0 Å². The summed E-state index contributed by atoms with van der Waals surface area (Å²) in [4.78, 5) is 45.8. The fourth-order valence-electron chi connectivity index (χ4n) is 1.54. The van der Waals surface area contributed by atoms with E-state index in [9.17, 15) is 19.2 Å². The van der Waals surface area contributed by atoms with Crippen LogP contribution in [-0.4, -0.2) is 36.5 Å². The number of ether oxygens (including phenoxy) is 1. The summed E-state index contributed by atoms with van der Waals surface area (Å²) in [5.74, 6) is -2.67. The molecule has 1 rings (SSSR count). The van der Waals surface area contributed by atoms with E-state index in [4.69, 9.17) is 14.9 Å². The fourth-order valence-corrected chi connectivity index (χ4v) is 1.85. The zero-order valence-electron chi connectivity index (χ0n) is 12.4. The molecule has 4 amide bonds. The molecule has 1 aromatic heterocycles. The van der Waals surface area contributed by atoms with Gasteiger partial charge in [0.15, 0.2) is 16.5 Å². The lowest BCUT2D eigenvalue weighted by atomic mass is 10.1. The molecule has 0 fully saturated rings. The molecule has 0 saturated carbocycles. The number of nitrogens with one attached hydrogen (secondary N) is 2. The highest BCUT2D eigenvalue weighted by molar-refractivity contribution is 9.10. The van der Waals surface area contributed by atoms with Crippen molar-refractivity contribution in [2.24, 2.45) is 11.7 Å². The number of nitrogens with two attached hydrogens (primary N) is 1. The number of primary amides is 1. The molecule has 9 nitrogen and oxygen atoms in total. The summed E-state index contributed by atoms with van der Waals surface area (Å²) in [6.07, 6.45) is -1.20. The molecular formula is C13H16BrN3O6. The minimum absolute atomic E-state index is 0.0107. The highest BCUT2D eigenvalue weighted by atomic mass is 79.9. The number of halogens is 1. The summed E-state index contributed by atoms with van der Waals surface area (Å²) in [6.45, 7) is 2.78. The number of imide groups is 1. The topological polar surface area (TPSA) is 141 Å². The second kappa shape index (κ2) is 8.32. The van der Waals surface area contributed by atoms with Crippen molar-refractivity contribution in [3.63, 3.8) is 0 Å². The molecule has 4 N–H and O–H groups in total. The van der Waals surface area contributed by atoms with Crippen LogP contribution in [0.2, 0.25) is 0 Å². The number of rotatable bonds is 6. The van der Waals surface area contributed by atoms with Crippen molar-refractivity contribution in [3.05, 3.63) is 22.6 Å². The Bertz CT molecular complexity index is 613. The van der Waals surface area contributed by atoms with Crippen LogP contribution in [0.15, 0.2) is 21.2 Å². The third kappa shape index (κ3) is 6.10. The molecule has 10 heteroatoms. The maximum absolute atomic E-state index is 11.7. The standard InChI is InChI=1S/C13H16BrN3O6/c1-6(2)10(12(20)17-13(15)21)23-9(18)5-16-11(19)7-3-4-8(14)22-7/h3-4,6,10H,5H2,1-2H3,(H,16,19)(H3,15,17,20,21)/t10-/m0/s1. The number of carbonyl (C=O) groups excluding carboxylic acids is 4. The first kappa shape index (κ1) is 18.7. The Kier molecular flexibility index (Phi) is 6.76. The van der Waals surface area contributed by atoms with Gasteiger partial charge in [0, 0.05) is 0 Å². The molecule has 0 unspecified atom stereocenters. The Morgan fingerprint density at radius 2 is 1.96 bits per heavy atom. The second-order valence-electron chi connectivity index (χ2n) is 4.79. The van der Waals surface area contributed by atoms with Crippen molar-refractivity contribution in [2.75, 3.05) is 6.54 Å². The quantitative estimate of drug-likeness (QED) is 0.606. The maximum Gasteiger partial charge on any atom is 0.326 e. The number of amides is 4. The van der Waals surface area contributed by atoms with Gasteiger partial charge in [-0.15, -0.1) is 0 Å². The number of furan rings is 1. The minimum atomic E-state index is -1.20. The summed E-state index contributed by atoms with van der Waals surface area (Å²) in [6, 6.07) is 1.89. The Hall–Kier alpha value is -2.36. The molecule has 0 aliphatic rings. The van der Waals surface area contributed by atoms with E-state index in [2.05, 4.69) is 21.2 Å². The number of esters is 1. The van der Waals surface area contributed by atoms with Crippen LogP contribution in [0.3, 0.4) is 0 Å². The van der Waals surface area contributed by atoms with Gasteiger partial charge in [-0.2, -0.15) is 0 Å². The SMILES string of the molecule is CC(C)[C@H](OC(=O)CNC(=O)c1ccc(Br)o1)C(=O)NC(N)=O. The molecular weight excluding hydrogens is 374 g/mol.